The van der Waals surface area contributed by atoms with Crippen LogP contribution in [0.5, 0.6) is 0 Å². The maximum absolute atomic E-state index is 13.8. The van der Waals surface area contributed by atoms with Crippen molar-refractivity contribution in [1.82, 2.24) is 19.9 Å². The van der Waals surface area contributed by atoms with Crippen LogP contribution >= 0.6 is 0 Å². The van der Waals surface area contributed by atoms with Crippen LogP contribution in [0.4, 0.5) is 8.78 Å². The molecular formula is C16H16F2N4O3. The van der Waals surface area contributed by atoms with Crippen molar-refractivity contribution < 1.29 is 23.5 Å². The summed E-state index contributed by atoms with van der Waals surface area (Å²) in [7, 11) is 0. The topological polar surface area (TPSA) is 88.3 Å². The minimum atomic E-state index is -1.05. The molecule has 0 radical (unpaired) electrons. The van der Waals surface area contributed by atoms with Gasteiger partial charge in [-0.3, -0.25) is 4.79 Å². The lowest BCUT2D eigenvalue weighted by Gasteiger charge is -2.20. The van der Waals surface area contributed by atoms with Gasteiger partial charge in [-0.2, -0.15) is 0 Å². The predicted octanol–water partition coefficient (Wildman–Crippen LogP) is 1.60. The van der Waals surface area contributed by atoms with E-state index in [9.17, 15) is 23.5 Å². The standard InChI is InChI=1S/C16H16F2N4O3/c1-9-14(15(23)21-6-2-3-13(21)16(24)25)19-20-22(9)8-10-4-5-11(17)7-12(10)18/h4-5,7,13H,2-3,6,8H2,1H3,(H,24,25)/t13-/m0/s1. The van der Waals surface area contributed by atoms with Crippen LogP contribution < -0.4 is 0 Å². The lowest BCUT2D eigenvalue weighted by atomic mass is 10.2. The van der Waals surface area contributed by atoms with Crippen molar-refractivity contribution >= 4 is 11.9 Å². The molecule has 1 aliphatic heterocycles. The second-order valence-electron chi connectivity index (χ2n) is 5.91. The van der Waals surface area contributed by atoms with Crippen molar-refractivity contribution in [2.45, 2.75) is 32.4 Å². The fourth-order valence-electron chi connectivity index (χ4n) is 2.92. The molecule has 2 heterocycles. The average molecular weight is 350 g/mol. The molecule has 25 heavy (non-hydrogen) atoms. The zero-order valence-electron chi connectivity index (χ0n) is 13.4. The van der Waals surface area contributed by atoms with Crippen molar-refractivity contribution in [3.63, 3.8) is 0 Å². The van der Waals surface area contributed by atoms with Crippen LogP contribution in [-0.2, 0) is 11.3 Å². The summed E-state index contributed by atoms with van der Waals surface area (Å²) >= 11 is 0. The molecule has 1 atom stereocenters. The molecule has 1 fully saturated rings. The lowest BCUT2D eigenvalue weighted by molar-refractivity contribution is -0.141. The zero-order valence-corrected chi connectivity index (χ0v) is 13.4. The Morgan fingerprint density at radius 3 is 2.80 bits per heavy atom. The Morgan fingerprint density at radius 2 is 2.12 bits per heavy atom. The van der Waals surface area contributed by atoms with E-state index in [0.717, 1.165) is 12.1 Å². The van der Waals surface area contributed by atoms with E-state index in [-0.39, 0.29) is 17.8 Å². The number of carboxylic acid groups (broad SMARTS) is 1. The molecule has 1 aliphatic rings. The number of amides is 1. The first-order chi connectivity index (χ1) is 11.9. The smallest absolute Gasteiger partial charge is 0.326 e. The molecule has 0 aliphatic carbocycles. The van der Waals surface area contributed by atoms with Crippen LogP contribution in [0.1, 0.15) is 34.6 Å². The molecule has 2 aromatic rings. The van der Waals surface area contributed by atoms with Gasteiger partial charge in [0, 0.05) is 18.2 Å². The summed E-state index contributed by atoms with van der Waals surface area (Å²) in [6, 6.07) is 2.34. The molecule has 0 saturated carbocycles. The quantitative estimate of drug-likeness (QED) is 0.905. The Kier molecular flexibility index (Phi) is 4.47. The summed E-state index contributed by atoms with van der Waals surface area (Å²) in [6.07, 6.45) is 1.01. The summed E-state index contributed by atoms with van der Waals surface area (Å²) in [4.78, 5) is 25.1. The molecule has 0 spiro atoms. The molecule has 1 N–H and O–H groups in total. The van der Waals surface area contributed by atoms with Gasteiger partial charge in [0.15, 0.2) is 5.69 Å². The number of likely N-dealkylation sites (tertiary alicyclic amines) is 1. The van der Waals surface area contributed by atoms with Crippen molar-refractivity contribution in [3.8, 4) is 0 Å². The highest BCUT2D eigenvalue weighted by molar-refractivity contribution is 5.96. The van der Waals surface area contributed by atoms with Gasteiger partial charge in [0.1, 0.15) is 17.7 Å². The molecule has 1 aromatic carbocycles. The van der Waals surface area contributed by atoms with E-state index in [1.165, 1.54) is 15.6 Å². The van der Waals surface area contributed by atoms with Gasteiger partial charge in [0.05, 0.1) is 12.2 Å². The summed E-state index contributed by atoms with van der Waals surface area (Å²) in [5.41, 5.74) is 0.637. The first-order valence-corrected chi connectivity index (χ1v) is 7.76. The molecule has 7 nitrogen and oxygen atoms in total. The van der Waals surface area contributed by atoms with E-state index in [2.05, 4.69) is 10.3 Å². The highest BCUT2D eigenvalue weighted by Crippen LogP contribution is 2.21. The van der Waals surface area contributed by atoms with E-state index in [1.54, 1.807) is 6.92 Å². The maximum atomic E-state index is 13.8. The Hall–Kier alpha value is -2.84. The molecule has 1 amide bonds. The number of aliphatic carboxylic acids is 1. The summed E-state index contributed by atoms with van der Waals surface area (Å²) in [5.74, 6) is -2.95. The van der Waals surface area contributed by atoms with Crippen molar-refractivity contribution in [1.29, 1.82) is 0 Å². The monoisotopic (exact) mass is 350 g/mol. The van der Waals surface area contributed by atoms with Gasteiger partial charge in [-0.25, -0.2) is 18.3 Å². The summed E-state index contributed by atoms with van der Waals surface area (Å²) < 4.78 is 28.1. The normalized spacial score (nSPS) is 17.1. The van der Waals surface area contributed by atoms with Gasteiger partial charge in [-0.15, -0.1) is 5.10 Å². The SMILES string of the molecule is Cc1c(C(=O)N2CCC[C@H]2C(=O)O)nnn1Cc1ccc(F)cc1F. The first-order valence-electron chi connectivity index (χ1n) is 7.76. The molecule has 0 bridgehead atoms. The van der Waals surface area contributed by atoms with E-state index in [1.807, 2.05) is 0 Å². The van der Waals surface area contributed by atoms with E-state index in [4.69, 9.17) is 0 Å². The Morgan fingerprint density at radius 1 is 1.36 bits per heavy atom. The highest BCUT2D eigenvalue weighted by Gasteiger charge is 2.36. The zero-order chi connectivity index (χ0) is 18.1. The predicted molar refractivity (Wildman–Crippen MR) is 81.9 cm³/mol. The molecule has 3 rings (SSSR count). The van der Waals surface area contributed by atoms with Crippen molar-refractivity contribution in [2.24, 2.45) is 0 Å². The van der Waals surface area contributed by atoms with Gasteiger partial charge < -0.3 is 10.0 Å². The third-order valence-electron chi connectivity index (χ3n) is 4.32. The number of nitrogens with zero attached hydrogens (tertiary/aromatic N) is 4. The third kappa shape index (κ3) is 3.21. The van der Waals surface area contributed by atoms with Gasteiger partial charge in [-0.1, -0.05) is 11.3 Å². The van der Waals surface area contributed by atoms with Gasteiger partial charge in [0.2, 0.25) is 0 Å². The number of benzene rings is 1. The number of carbonyl (C=O) groups excluding carboxylic acids is 1. The van der Waals surface area contributed by atoms with Gasteiger partial charge in [-0.05, 0) is 25.8 Å². The van der Waals surface area contributed by atoms with Crippen LogP contribution in [0.2, 0.25) is 0 Å². The number of hydrogen-bond donors (Lipinski definition) is 1. The molecule has 9 heteroatoms. The fourth-order valence-corrected chi connectivity index (χ4v) is 2.92. The van der Waals surface area contributed by atoms with Gasteiger partial charge in [0.25, 0.3) is 5.91 Å². The van der Waals surface area contributed by atoms with E-state index >= 15 is 0 Å². The minimum Gasteiger partial charge on any atom is -0.480 e. The lowest BCUT2D eigenvalue weighted by Crippen LogP contribution is -2.40. The number of hydrogen-bond acceptors (Lipinski definition) is 4. The van der Waals surface area contributed by atoms with Crippen LogP contribution in [0, 0.1) is 18.6 Å². The molecule has 1 aromatic heterocycles. The maximum Gasteiger partial charge on any atom is 0.326 e. The first kappa shape index (κ1) is 17.0. The molecule has 0 unspecified atom stereocenters. The molecule has 1 saturated heterocycles. The van der Waals surface area contributed by atoms with Crippen LogP contribution in [0.25, 0.3) is 0 Å². The third-order valence-corrected chi connectivity index (χ3v) is 4.32. The van der Waals surface area contributed by atoms with E-state index in [0.29, 0.717) is 25.1 Å². The van der Waals surface area contributed by atoms with Gasteiger partial charge >= 0.3 is 5.97 Å². The number of rotatable bonds is 4. The summed E-state index contributed by atoms with van der Waals surface area (Å²) in [6.45, 7) is 1.93. The molecule has 132 valence electrons. The highest BCUT2D eigenvalue weighted by atomic mass is 19.1. The second-order valence-corrected chi connectivity index (χ2v) is 5.91. The molecular weight excluding hydrogens is 334 g/mol. The largest absolute Gasteiger partial charge is 0.480 e. The average Bonchev–Trinajstić information content (AvgIpc) is 3.17. The van der Waals surface area contributed by atoms with Crippen molar-refractivity contribution in [2.75, 3.05) is 6.54 Å². The second kappa shape index (κ2) is 6.58. The van der Waals surface area contributed by atoms with Crippen molar-refractivity contribution in [3.05, 3.63) is 46.8 Å². The Labute approximate surface area is 141 Å². The van der Waals surface area contributed by atoms with Crippen LogP contribution in [0.15, 0.2) is 18.2 Å². The Bertz CT molecular complexity index is 837. The van der Waals surface area contributed by atoms with E-state index < -0.39 is 29.6 Å². The Balaban J connectivity index is 1.83. The number of carbonyl (C=O) groups is 2. The number of halogens is 2. The summed E-state index contributed by atoms with van der Waals surface area (Å²) in [5, 5.41) is 16.9. The number of carboxylic acids is 1. The van der Waals surface area contributed by atoms with Crippen LogP contribution in [0.3, 0.4) is 0 Å². The fraction of sp³-hybridized carbons (Fsp3) is 0.375. The van der Waals surface area contributed by atoms with Crippen LogP contribution in [-0.4, -0.2) is 49.5 Å². The minimum absolute atomic E-state index is 0.0133. The number of aromatic nitrogens is 3.